The predicted octanol–water partition coefficient (Wildman–Crippen LogP) is 10.8. The molecule has 2 aliphatic heterocycles. The number of hydrogen-bond donors (Lipinski definition) is 0. The van der Waals surface area contributed by atoms with E-state index in [1.807, 2.05) is 13.0 Å². The molecule has 0 unspecified atom stereocenters. The summed E-state index contributed by atoms with van der Waals surface area (Å²) < 4.78 is 160. The van der Waals surface area contributed by atoms with Crippen LogP contribution in [0.15, 0.2) is 36.4 Å². The number of alkyl halides is 12. The Morgan fingerprint density at radius 3 is 1.28 bits per heavy atom. The van der Waals surface area contributed by atoms with E-state index in [4.69, 9.17) is 19.2 Å². The molecule has 2 saturated carbocycles. The second kappa shape index (κ2) is 25.7. The highest BCUT2D eigenvalue weighted by Crippen LogP contribution is 2.54. The highest BCUT2D eigenvalue weighted by Gasteiger charge is 2.61. The molecule has 2 heterocycles. The van der Waals surface area contributed by atoms with Crippen molar-refractivity contribution in [3.8, 4) is 0 Å². The fraction of sp³-hybridized carbons (Fsp3) is 0.667. The fourth-order valence-electron chi connectivity index (χ4n) is 9.80. The molecule has 0 atom stereocenters. The summed E-state index contributed by atoms with van der Waals surface area (Å²) >= 11 is 0. The van der Waals surface area contributed by atoms with E-state index in [-0.39, 0.29) is 49.3 Å². The van der Waals surface area contributed by atoms with Gasteiger partial charge in [-0.3, -0.25) is 9.80 Å². The molecule has 2 saturated heterocycles. The van der Waals surface area contributed by atoms with Gasteiger partial charge in [0.25, 0.3) is 12.2 Å². The van der Waals surface area contributed by atoms with Gasteiger partial charge in [-0.2, -0.15) is 71.9 Å². The molecule has 24 heteroatoms. The number of aryl methyl sites for hydroxylation is 2. The van der Waals surface area contributed by atoms with Gasteiger partial charge in [-0.05, 0) is 73.1 Å². The van der Waals surface area contributed by atoms with Gasteiger partial charge in [0.05, 0.1) is 0 Å². The Kier molecular flexibility index (Phi) is 21.8. The van der Waals surface area contributed by atoms with Crippen molar-refractivity contribution < 1.29 is 90.9 Å². The molecule has 0 bridgehead atoms. The van der Waals surface area contributed by atoms with E-state index in [2.05, 4.69) is 77.3 Å². The predicted molar refractivity (Wildman–Crippen MR) is 232 cm³/mol. The zero-order valence-electron chi connectivity index (χ0n) is 40.5. The third-order valence-corrected chi connectivity index (χ3v) is 13.4. The minimum atomic E-state index is -5.72. The second-order valence-electron chi connectivity index (χ2n) is 19.3. The van der Waals surface area contributed by atoms with Crippen LogP contribution < -0.4 is 0 Å². The van der Waals surface area contributed by atoms with Gasteiger partial charge in [-0.1, -0.05) is 94.0 Å². The lowest BCUT2D eigenvalue weighted by Crippen LogP contribution is -2.52. The van der Waals surface area contributed by atoms with Gasteiger partial charge in [-0.15, -0.1) is 0 Å². The van der Waals surface area contributed by atoms with E-state index in [0.29, 0.717) is 45.2 Å². The number of carbonyl (C=O) groups is 2. The Labute approximate surface area is 409 Å². The number of benzene rings is 2. The number of halogens is 12. The van der Waals surface area contributed by atoms with Gasteiger partial charge in [-0.25, -0.2) is 9.59 Å². The lowest BCUT2D eigenvalue weighted by molar-refractivity contribution is -0.309. The van der Waals surface area contributed by atoms with E-state index in [9.17, 15) is 62.3 Å². The van der Waals surface area contributed by atoms with Crippen molar-refractivity contribution in [3.05, 3.63) is 69.8 Å². The Balaban J connectivity index is 0.000000345. The van der Waals surface area contributed by atoms with E-state index < -0.39 is 49.1 Å². The van der Waals surface area contributed by atoms with E-state index in [1.165, 1.54) is 59.1 Å². The number of piperazine rings is 2. The lowest BCUT2D eigenvalue weighted by atomic mass is 9.60. The summed E-state index contributed by atoms with van der Waals surface area (Å²) in [5.41, 5.74) is 7.46. The van der Waals surface area contributed by atoms with Crippen LogP contribution in [0.25, 0.3) is 0 Å². The average Bonchev–Trinajstić information content (AvgIpc) is 4.00. The number of hydrogen-bond acceptors (Lipinski definition) is 10. The Bertz CT molecular complexity index is 2100. The largest absolute Gasteiger partial charge is 0.434 e. The van der Waals surface area contributed by atoms with E-state index >= 15 is 0 Å². The van der Waals surface area contributed by atoms with Crippen LogP contribution in [0.1, 0.15) is 111 Å². The summed E-state index contributed by atoms with van der Waals surface area (Å²) in [6, 6.07) is 12.8. The van der Waals surface area contributed by atoms with Crippen LogP contribution in [-0.4, -0.2) is 133 Å². The second-order valence-corrected chi connectivity index (χ2v) is 19.3. The minimum Gasteiger partial charge on any atom is -0.426 e. The van der Waals surface area contributed by atoms with Gasteiger partial charge < -0.3 is 19.3 Å². The summed E-state index contributed by atoms with van der Waals surface area (Å²) in [5, 5.41) is 0. The van der Waals surface area contributed by atoms with Crippen LogP contribution >= 0.6 is 0 Å². The van der Waals surface area contributed by atoms with Crippen LogP contribution in [0.4, 0.5) is 62.3 Å². The molecule has 2 aromatic carbocycles. The number of nitrogens with zero attached hydrogens (tertiary/aromatic N) is 4. The molecule has 6 rings (SSSR count). The average molecular weight is 1050 g/mol. The van der Waals surface area contributed by atoms with Crippen LogP contribution in [0.2, 0.25) is 0 Å². The highest BCUT2D eigenvalue weighted by atomic mass is 19.4. The molecular formula is C48H60F12N4O8. The molecular weight excluding hydrogens is 989 g/mol. The van der Waals surface area contributed by atoms with Gasteiger partial charge >= 0.3 is 49.2 Å². The molecule has 4 fully saturated rings. The van der Waals surface area contributed by atoms with E-state index in [1.54, 1.807) is 0 Å². The summed E-state index contributed by atoms with van der Waals surface area (Å²) in [5.74, 6) is 0.521. The van der Waals surface area contributed by atoms with Crippen LogP contribution in [0, 0.1) is 19.3 Å². The molecule has 12 nitrogen and oxygen atoms in total. The van der Waals surface area contributed by atoms with E-state index in [0.717, 1.165) is 35.5 Å². The summed E-state index contributed by atoms with van der Waals surface area (Å²) in [7, 11) is 0. The zero-order valence-corrected chi connectivity index (χ0v) is 40.5. The minimum absolute atomic E-state index is 0.00584. The third kappa shape index (κ3) is 17.2. The van der Waals surface area contributed by atoms with Crippen LogP contribution in [0.3, 0.4) is 0 Å². The maximum Gasteiger partial charge on any atom is 0.434 e. The molecule has 404 valence electrons. The molecule has 0 spiro atoms. The zero-order chi connectivity index (χ0) is 54.5. The van der Waals surface area contributed by atoms with Crippen molar-refractivity contribution in [2.75, 3.05) is 52.4 Å². The highest BCUT2D eigenvalue weighted by molar-refractivity contribution is 5.68. The van der Waals surface area contributed by atoms with Crippen molar-refractivity contribution in [2.45, 2.75) is 147 Å². The molecule has 72 heavy (non-hydrogen) atoms. The monoisotopic (exact) mass is 1050 g/mol. The Morgan fingerprint density at radius 1 is 0.569 bits per heavy atom. The first-order valence-corrected chi connectivity index (χ1v) is 23.1. The Hall–Kier alpha value is -5.18. The molecule has 0 aromatic heterocycles. The number of amides is 2. The van der Waals surface area contributed by atoms with Gasteiger partial charge in [0.2, 0.25) is 0 Å². The van der Waals surface area contributed by atoms with Crippen molar-refractivity contribution in [2.24, 2.45) is 5.41 Å². The first-order valence-electron chi connectivity index (χ1n) is 23.1. The summed E-state index contributed by atoms with van der Waals surface area (Å²) in [4.78, 5) is 62.4. The molecule has 2 aromatic rings. The van der Waals surface area contributed by atoms with Crippen LogP contribution in [-0.2, 0) is 47.2 Å². The van der Waals surface area contributed by atoms with Crippen molar-refractivity contribution in [1.29, 1.82) is 0 Å². The Morgan fingerprint density at radius 2 is 0.917 bits per heavy atom. The first-order chi connectivity index (χ1) is 33.3. The van der Waals surface area contributed by atoms with Gasteiger partial charge in [0.15, 0.2) is 0 Å². The number of ether oxygens (including phenoxy) is 2. The van der Waals surface area contributed by atoms with Crippen molar-refractivity contribution in [1.82, 2.24) is 19.6 Å². The van der Waals surface area contributed by atoms with Crippen molar-refractivity contribution >= 4 is 24.5 Å². The maximum absolute atomic E-state index is 12.7. The first kappa shape index (κ1) is 61.1. The molecule has 4 aliphatic rings. The quantitative estimate of drug-likeness (QED) is 0.235. The fourth-order valence-corrected chi connectivity index (χ4v) is 9.80. The maximum atomic E-state index is 12.7. The van der Waals surface area contributed by atoms with Gasteiger partial charge in [0, 0.05) is 70.9 Å². The summed E-state index contributed by atoms with van der Waals surface area (Å²) in [6.45, 7) is 13.5. The SMILES string of the molecule is Cc1ccc(CN2CCN(C(=O)OC(C(F)(F)F)C(F)(F)F)CC2)c(C2(C(C)(C)C)CCCC2)c1.Cc1ccc(CN2CCN(C(=O)OC(C(F)(F)F)C(F)(F)F)CC2)c(C2CCCC2)c1.O=C=O.O=C=O. The molecule has 0 N–H and O–H groups in total. The third-order valence-electron chi connectivity index (χ3n) is 13.4. The molecule has 2 aliphatic carbocycles. The normalized spacial score (nSPS) is 18.2. The standard InChI is InChI=1S/C25H34F6N2O2.C21H26F6N2O2.2CO2/c1-17-7-8-18(19(15-17)23(22(2,3)4)9-5-6-10-23)16-32-11-13-33(14-12-32)21(34)35-20(24(26,27)28)25(29,30)31;1-14-6-7-16(17(12-14)15-4-2-3-5-15)13-28-8-10-29(11-9-28)19(30)31-18(20(22,23)24)21(25,26)27;2*2-1-3/h7-8,15,20H,5-6,9-14,16H2,1-4H3;6-7,12,15,18H,2-5,8-11,13H2,1H3;;. The van der Waals surface area contributed by atoms with Gasteiger partial charge in [0.1, 0.15) is 0 Å². The number of rotatable bonds is 8. The van der Waals surface area contributed by atoms with Crippen molar-refractivity contribution in [3.63, 3.8) is 0 Å². The van der Waals surface area contributed by atoms with Crippen LogP contribution in [0.5, 0.6) is 0 Å². The molecule has 2 amide bonds. The topological polar surface area (TPSA) is 134 Å². The summed E-state index contributed by atoms with van der Waals surface area (Å²) in [6.07, 6.45) is -24.6. The number of carbonyl (C=O) groups excluding carboxylic acids is 6. The molecule has 0 radical (unpaired) electrons. The smallest absolute Gasteiger partial charge is 0.426 e. The lowest BCUT2D eigenvalue weighted by Gasteiger charge is -2.45.